The number of hydrogen-bond acceptors (Lipinski definition) is 2. The molecule has 0 radical (unpaired) electrons. The average molecular weight is 186 g/mol. The molecule has 0 aromatic carbocycles. The molecule has 0 amide bonds. The Labute approximate surface area is 84.6 Å². The molecule has 72 valence electrons. The van der Waals surface area contributed by atoms with Crippen LogP contribution in [-0.4, -0.2) is 4.98 Å². The summed E-state index contributed by atoms with van der Waals surface area (Å²) in [6, 6.07) is 8.31. The second-order valence-electron chi connectivity index (χ2n) is 4.04. The normalized spacial score (nSPS) is 19.1. The van der Waals surface area contributed by atoms with Gasteiger partial charge in [0.25, 0.3) is 0 Å². The smallest absolute Gasteiger partial charge is 0.0631 e. The molecule has 0 saturated heterocycles. The zero-order chi connectivity index (χ0) is 9.86. The fourth-order valence-corrected chi connectivity index (χ4v) is 2.40. The summed E-state index contributed by atoms with van der Waals surface area (Å²) >= 11 is 0. The number of nitriles is 1. The molecule has 0 spiro atoms. The zero-order valence-corrected chi connectivity index (χ0v) is 8.24. The van der Waals surface area contributed by atoms with Gasteiger partial charge in [0.05, 0.1) is 6.07 Å². The molecule has 1 fully saturated rings. The molecule has 0 bridgehead atoms. The van der Waals surface area contributed by atoms with Crippen molar-refractivity contribution in [1.82, 2.24) is 4.98 Å². The van der Waals surface area contributed by atoms with Crippen molar-refractivity contribution in [2.45, 2.75) is 37.5 Å². The SMILES string of the molecule is N#CCC1(c2ccccn2)CCCC1. The van der Waals surface area contributed by atoms with Crippen LogP contribution in [0.2, 0.25) is 0 Å². The molecule has 1 heterocycles. The van der Waals surface area contributed by atoms with Crippen molar-refractivity contribution in [3.63, 3.8) is 0 Å². The highest BCUT2D eigenvalue weighted by molar-refractivity contribution is 5.20. The minimum absolute atomic E-state index is 0.0655. The van der Waals surface area contributed by atoms with E-state index in [-0.39, 0.29) is 5.41 Å². The van der Waals surface area contributed by atoms with Crippen LogP contribution in [0, 0.1) is 11.3 Å². The molecule has 1 aromatic heterocycles. The molecule has 2 rings (SSSR count). The Hall–Kier alpha value is -1.36. The lowest BCUT2D eigenvalue weighted by Gasteiger charge is -2.24. The third-order valence-electron chi connectivity index (χ3n) is 3.19. The quantitative estimate of drug-likeness (QED) is 0.712. The van der Waals surface area contributed by atoms with E-state index in [2.05, 4.69) is 17.1 Å². The maximum Gasteiger partial charge on any atom is 0.0631 e. The summed E-state index contributed by atoms with van der Waals surface area (Å²) in [6.07, 6.45) is 7.16. The Balaban J connectivity index is 2.32. The third kappa shape index (κ3) is 1.50. The van der Waals surface area contributed by atoms with Crippen molar-refractivity contribution >= 4 is 0 Å². The molecule has 0 unspecified atom stereocenters. The van der Waals surface area contributed by atoms with Crippen LogP contribution < -0.4 is 0 Å². The van der Waals surface area contributed by atoms with Crippen LogP contribution >= 0.6 is 0 Å². The van der Waals surface area contributed by atoms with Gasteiger partial charge < -0.3 is 0 Å². The summed E-state index contributed by atoms with van der Waals surface area (Å²) in [5, 5.41) is 8.88. The van der Waals surface area contributed by atoms with Crippen molar-refractivity contribution in [3.8, 4) is 6.07 Å². The summed E-state index contributed by atoms with van der Waals surface area (Å²) in [6.45, 7) is 0. The minimum atomic E-state index is 0.0655. The van der Waals surface area contributed by atoms with E-state index in [0.29, 0.717) is 6.42 Å². The maximum atomic E-state index is 8.88. The predicted molar refractivity (Wildman–Crippen MR) is 54.6 cm³/mol. The number of nitrogens with zero attached hydrogens (tertiary/aromatic N) is 2. The van der Waals surface area contributed by atoms with Gasteiger partial charge in [0.1, 0.15) is 0 Å². The molecule has 0 N–H and O–H groups in total. The Kier molecular flexibility index (Phi) is 2.49. The standard InChI is InChI=1S/C12H14N2/c13-9-8-12(6-2-3-7-12)11-5-1-4-10-14-11/h1,4-5,10H,2-3,6-8H2. The second-order valence-corrected chi connectivity index (χ2v) is 4.04. The lowest BCUT2D eigenvalue weighted by molar-refractivity contribution is 0.437. The molecule has 2 heteroatoms. The predicted octanol–water partition coefficient (Wildman–Crippen LogP) is 2.81. The van der Waals surface area contributed by atoms with Crippen molar-refractivity contribution in [3.05, 3.63) is 30.1 Å². The number of hydrogen-bond donors (Lipinski definition) is 0. The Morgan fingerprint density at radius 1 is 1.36 bits per heavy atom. The van der Waals surface area contributed by atoms with Gasteiger partial charge in [-0.3, -0.25) is 4.98 Å². The van der Waals surface area contributed by atoms with Crippen molar-refractivity contribution in [2.75, 3.05) is 0 Å². The highest BCUT2D eigenvalue weighted by atomic mass is 14.7. The highest BCUT2D eigenvalue weighted by Crippen LogP contribution is 2.42. The highest BCUT2D eigenvalue weighted by Gasteiger charge is 2.36. The van der Waals surface area contributed by atoms with E-state index in [1.165, 1.54) is 12.8 Å². The van der Waals surface area contributed by atoms with E-state index in [9.17, 15) is 0 Å². The van der Waals surface area contributed by atoms with E-state index in [1.54, 1.807) is 0 Å². The molecular weight excluding hydrogens is 172 g/mol. The first-order chi connectivity index (χ1) is 6.87. The molecule has 1 aliphatic rings. The average Bonchev–Trinajstić information content (AvgIpc) is 2.70. The largest absolute Gasteiger partial charge is 0.261 e. The maximum absolute atomic E-state index is 8.88. The van der Waals surface area contributed by atoms with Crippen molar-refractivity contribution in [1.29, 1.82) is 5.26 Å². The van der Waals surface area contributed by atoms with Crippen molar-refractivity contribution in [2.24, 2.45) is 0 Å². The first-order valence-electron chi connectivity index (χ1n) is 5.16. The number of pyridine rings is 1. The molecular formula is C12H14N2. The summed E-state index contributed by atoms with van der Waals surface area (Å²) < 4.78 is 0. The molecule has 14 heavy (non-hydrogen) atoms. The summed E-state index contributed by atoms with van der Waals surface area (Å²) in [7, 11) is 0. The lowest BCUT2D eigenvalue weighted by Crippen LogP contribution is -2.22. The van der Waals surface area contributed by atoms with Crippen LogP contribution in [0.5, 0.6) is 0 Å². The van der Waals surface area contributed by atoms with E-state index >= 15 is 0 Å². The van der Waals surface area contributed by atoms with Gasteiger partial charge in [0.15, 0.2) is 0 Å². The number of aromatic nitrogens is 1. The van der Waals surface area contributed by atoms with E-state index in [1.807, 2.05) is 18.3 Å². The van der Waals surface area contributed by atoms with Gasteiger partial charge in [0.2, 0.25) is 0 Å². The molecule has 2 nitrogen and oxygen atoms in total. The van der Waals surface area contributed by atoms with Gasteiger partial charge in [-0.1, -0.05) is 18.9 Å². The molecule has 1 aliphatic carbocycles. The van der Waals surface area contributed by atoms with Crippen molar-refractivity contribution < 1.29 is 0 Å². The first kappa shape index (κ1) is 9.21. The number of rotatable bonds is 2. The van der Waals surface area contributed by atoms with Crippen LogP contribution in [0.25, 0.3) is 0 Å². The molecule has 0 aliphatic heterocycles. The second kappa shape index (κ2) is 3.79. The molecule has 1 saturated carbocycles. The van der Waals surface area contributed by atoms with E-state index in [4.69, 9.17) is 5.26 Å². The van der Waals surface area contributed by atoms with Gasteiger partial charge in [-0.15, -0.1) is 0 Å². The first-order valence-corrected chi connectivity index (χ1v) is 5.16. The van der Waals surface area contributed by atoms with Gasteiger partial charge in [-0.25, -0.2) is 0 Å². The van der Waals surface area contributed by atoms with Gasteiger partial charge in [-0.2, -0.15) is 5.26 Å². The van der Waals surface area contributed by atoms with E-state index < -0.39 is 0 Å². The van der Waals surface area contributed by atoms with Crippen LogP contribution in [0.15, 0.2) is 24.4 Å². The summed E-state index contributed by atoms with van der Waals surface area (Å²) in [4.78, 5) is 4.40. The lowest BCUT2D eigenvalue weighted by atomic mass is 9.79. The van der Waals surface area contributed by atoms with Crippen LogP contribution in [0.4, 0.5) is 0 Å². The fourth-order valence-electron chi connectivity index (χ4n) is 2.40. The van der Waals surface area contributed by atoms with Gasteiger partial charge in [-0.05, 0) is 25.0 Å². The van der Waals surface area contributed by atoms with E-state index in [0.717, 1.165) is 18.5 Å². The Morgan fingerprint density at radius 2 is 2.14 bits per heavy atom. The van der Waals surface area contributed by atoms with Gasteiger partial charge in [0, 0.05) is 23.7 Å². The molecule has 1 aromatic rings. The van der Waals surface area contributed by atoms with Crippen LogP contribution in [0.3, 0.4) is 0 Å². The van der Waals surface area contributed by atoms with Crippen LogP contribution in [-0.2, 0) is 5.41 Å². The Morgan fingerprint density at radius 3 is 2.71 bits per heavy atom. The Bertz CT molecular complexity index is 331. The van der Waals surface area contributed by atoms with Gasteiger partial charge >= 0.3 is 0 Å². The topological polar surface area (TPSA) is 36.7 Å². The minimum Gasteiger partial charge on any atom is -0.261 e. The third-order valence-corrected chi connectivity index (χ3v) is 3.19. The van der Waals surface area contributed by atoms with Crippen LogP contribution in [0.1, 0.15) is 37.8 Å². The summed E-state index contributed by atoms with van der Waals surface area (Å²) in [5.41, 5.74) is 1.18. The molecule has 0 atom stereocenters. The monoisotopic (exact) mass is 186 g/mol. The summed E-state index contributed by atoms with van der Waals surface area (Å²) in [5.74, 6) is 0. The fraction of sp³-hybridized carbons (Fsp3) is 0.500. The zero-order valence-electron chi connectivity index (χ0n) is 8.24.